The van der Waals surface area contributed by atoms with E-state index in [0.29, 0.717) is 5.92 Å². The molecule has 0 amide bonds. The summed E-state index contributed by atoms with van der Waals surface area (Å²) in [5.41, 5.74) is 1.11. The molecule has 0 radical (unpaired) electrons. The van der Waals surface area contributed by atoms with Gasteiger partial charge in [0, 0.05) is 16.1 Å². The van der Waals surface area contributed by atoms with Crippen LogP contribution >= 0.6 is 21.6 Å². The number of hydrogen-bond donors (Lipinski definition) is 0. The third kappa shape index (κ3) is 9.06. The lowest BCUT2D eigenvalue weighted by atomic mass is 9.82. The molecule has 3 heteroatoms. The second kappa shape index (κ2) is 9.80. The molecule has 0 bridgehead atoms. The van der Waals surface area contributed by atoms with E-state index in [2.05, 4.69) is 71.7 Å². The topological polar surface area (TPSA) is 9.23 Å². The predicted molar refractivity (Wildman–Crippen MR) is 111 cm³/mol. The van der Waals surface area contributed by atoms with E-state index >= 15 is 0 Å². The Hall–Kier alpha value is -0.560. The Morgan fingerprint density at radius 3 is 2.29 bits per heavy atom. The van der Waals surface area contributed by atoms with Gasteiger partial charge in [-0.3, -0.25) is 0 Å². The standard InChI is InChI=1S/C21H32OS2/c1-8-20(4,5)16-21(6,7)22-13-14-23-24-19-11-9-18(10-12-19)15-17(2)3/h1,9-12,17H,13-16H2,2-7H3. The van der Waals surface area contributed by atoms with Crippen molar-refractivity contribution in [2.45, 2.75) is 64.9 Å². The monoisotopic (exact) mass is 364 g/mol. The van der Waals surface area contributed by atoms with Gasteiger partial charge in [0.1, 0.15) is 0 Å². The molecular formula is C21H32OS2. The molecule has 0 saturated heterocycles. The molecular weight excluding hydrogens is 332 g/mol. The van der Waals surface area contributed by atoms with Crippen LogP contribution in [0.15, 0.2) is 29.2 Å². The average Bonchev–Trinajstić information content (AvgIpc) is 2.47. The van der Waals surface area contributed by atoms with Crippen molar-refractivity contribution < 1.29 is 4.74 Å². The summed E-state index contributed by atoms with van der Waals surface area (Å²) in [7, 11) is 3.66. The molecule has 0 spiro atoms. The molecule has 0 N–H and O–H groups in total. The third-order valence-electron chi connectivity index (χ3n) is 3.64. The van der Waals surface area contributed by atoms with Gasteiger partial charge in [0.2, 0.25) is 0 Å². The second-order valence-electron chi connectivity index (χ2n) is 7.96. The van der Waals surface area contributed by atoms with Gasteiger partial charge in [0.25, 0.3) is 0 Å². The smallest absolute Gasteiger partial charge is 0.0641 e. The van der Waals surface area contributed by atoms with Crippen LogP contribution in [0.5, 0.6) is 0 Å². The maximum absolute atomic E-state index is 6.04. The zero-order valence-electron chi connectivity index (χ0n) is 16.0. The van der Waals surface area contributed by atoms with Gasteiger partial charge in [-0.25, -0.2) is 0 Å². The Kier molecular flexibility index (Phi) is 8.77. The average molecular weight is 365 g/mol. The predicted octanol–water partition coefficient (Wildman–Crippen LogP) is 6.47. The molecule has 0 aliphatic heterocycles. The van der Waals surface area contributed by atoms with Gasteiger partial charge in [-0.15, -0.1) is 12.3 Å². The number of terminal acetylenes is 1. The molecule has 0 heterocycles. The van der Waals surface area contributed by atoms with Gasteiger partial charge in [-0.2, -0.15) is 0 Å². The van der Waals surface area contributed by atoms with Gasteiger partial charge in [-0.05, 0) is 64.2 Å². The molecule has 1 aromatic rings. The van der Waals surface area contributed by atoms with E-state index in [1.54, 1.807) is 0 Å². The fourth-order valence-electron chi connectivity index (χ4n) is 2.78. The van der Waals surface area contributed by atoms with Crippen LogP contribution in [0, 0.1) is 23.7 Å². The van der Waals surface area contributed by atoms with Crippen LogP contribution in [0.4, 0.5) is 0 Å². The van der Waals surface area contributed by atoms with E-state index in [9.17, 15) is 0 Å². The maximum Gasteiger partial charge on any atom is 0.0641 e. The van der Waals surface area contributed by atoms with Gasteiger partial charge >= 0.3 is 0 Å². The summed E-state index contributed by atoms with van der Waals surface area (Å²) in [5.74, 6) is 4.52. The molecule has 0 atom stereocenters. The van der Waals surface area contributed by atoms with Gasteiger partial charge in [0.15, 0.2) is 0 Å². The van der Waals surface area contributed by atoms with E-state index in [-0.39, 0.29) is 11.0 Å². The summed E-state index contributed by atoms with van der Waals surface area (Å²) in [6.45, 7) is 13.7. The highest BCUT2D eigenvalue weighted by Crippen LogP contribution is 2.33. The molecule has 0 aliphatic rings. The molecule has 1 rings (SSSR count). The fraction of sp³-hybridized carbons (Fsp3) is 0.619. The quantitative estimate of drug-likeness (QED) is 0.267. The Morgan fingerprint density at radius 2 is 1.75 bits per heavy atom. The Labute approximate surface area is 157 Å². The summed E-state index contributed by atoms with van der Waals surface area (Å²) in [6, 6.07) is 8.92. The number of rotatable bonds is 10. The largest absolute Gasteiger partial charge is 0.375 e. The summed E-state index contributed by atoms with van der Waals surface area (Å²) < 4.78 is 6.04. The lowest BCUT2D eigenvalue weighted by Gasteiger charge is -2.31. The molecule has 134 valence electrons. The fourth-order valence-corrected chi connectivity index (χ4v) is 4.59. The van der Waals surface area contributed by atoms with Gasteiger partial charge in [0.05, 0.1) is 12.2 Å². The number of hydrogen-bond acceptors (Lipinski definition) is 3. The van der Waals surface area contributed by atoms with E-state index < -0.39 is 0 Å². The molecule has 1 aromatic carbocycles. The zero-order valence-corrected chi connectivity index (χ0v) is 17.7. The Balaban J connectivity index is 2.27. The molecule has 0 saturated carbocycles. The summed E-state index contributed by atoms with van der Waals surface area (Å²) in [4.78, 5) is 1.31. The molecule has 0 unspecified atom stereocenters. The first-order valence-corrected chi connectivity index (χ1v) is 11.0. The molecule has 1 nitrogen and oxygen atoms in total. The Morgan fingerprint density at radius 1 is 1.12 bits per heavy atom. The normalized spacial score (nSPS) is 12.4. The minimum absolute atomic E-state index is 0.122. The van der Waals surface area contributed by atoms with Crippen molar-refractivity contribution in [1.29, 1.82) is 0 Å². The SMILES string of the molecule is C#CC(C)(C)CC(C)(C)OCCSSc1ccc(CC(C)C)cc1. The summed E-state index contributed by atoms with van der Waals surface area (Å²) in [5, 5.41) is 0. The highest BCUT2D eigenvalue weighted by molar-refractivity contribution is 8.76. The van der Waals surface area contributed by atoms with Crippen LogP contribution < -0.4 is 0 Å². The van der Waals surface area contributed by atoms with Crippen LogP contribution in [-0.4, -0.2) is 18.0 Å². The van der Waals surface area contributed by atoms with Crippen LogP contribution in [0.1, 0.15) is 53.5 Å². The van der Waals surface area contributed by atoms with Crippen molar-refractivity contribution in [1.82, 2.24) is 0 Å². The summed E-state index contributed by atoms with van der Waals surface area (Å²) in [6.07, 6.45) is 7.59. The molecule has 0 fully saturated rings. The van der Waals surface area contributed by atoms with Crippen molar-refractivity contribution in [3.63, 3.8) is 0 Å². The van der Waals surface area contributed by atoms with Crippen LogP contribution in [0.2, 0.25) is 0 Å². The second-order valence-corrected chi connectivity index (χ2v) is 10.4. The number of benzene rings is 1. The van der Waals surface area contributed by atoms with Crippen molar-refractivity contribution in [3.8, 4) is 12.3 Å². The third-order valence-corrected chi connectivity index (χ3v) is 5.99. The maximum atomic E-state index is 6.04. The van der Waals surface area contributed by atoms with Gasteiger partial charge < -0.3 is 4.74 Å². The van der Waals surface area contributed by atoms with Crippen molar-refractivity contribution in [2.24, 2.45) is 11.3 Å². The highest BCUT2D eigenvalue weighted by Gasteiger charge is 2.27. The lowest BCUT2D eigenvalue weighted by molar-refractivity contribution is -0.0302. The molecule has 0 aliphatic carbocycles. The van der Waals surface area contributed by atoms with Crippen LogP contribution in [0.25, 0.3) is 0 Å². The van der Waals surface area contributed by atoms with Crippen molar-refractivity contribution in [3.05, 3.63) is 29.8 Å². The highest BCUT2D eigenvalue weighted by atomic mass is 33.1. The van der Waals surface area contributed by atoms with E-state index in [1.165, 1.54) is 10.5 Å². The minimum Gasteiger partial charge on any atom is -0.375 e. The Bertz CT molecular complexity index is 524. The van der Waals surface area contributed by atoms with Gasteiger partial charge in [-0.1, -0.05) is 47.6 Å². The molecule has 24 heavy (non-hydrogen) atoms. The van der Waals surface area contributed by atoms with E-state index in [1.807, 2.05) is 21.6 Å². The van der Waals surface area contributed by atoms with Crippen LogP contribution in [-0.2, 0) is 11.2 Å². The first kappa shape index (κ1) is 21.5. The number of ether oxygens (including phenoxy) is 1. The van der Waals surface area contributed by atoms with Crippen LogP contribution in [0.3, 0.4) is 0 Å². The van der Waals surface area contributed by atoms with Crippen molar-refractivity contribution in [2.75, 3.05) is 12.4 Å². The first-order valence-electron chi connectivity index (χ1n) is 8.64. The van der Waals surface area contributed by atoms with E-state index in [4.69, 9.17) is 11.2 Å². The van der Waals surface area contributed by atoms with Crippen molar-refractivity contribution >= 4 is 21.6 Å². The first-order chi connectivity index (χ1) is 11.1. The minimum atomic E-state index is -0.181. The molecule has 0 aromatic heterocycles. The lowest BCUT2D eigenvalue weighted by Crippen LogP contribution is -2.31. The zero-order chi connectivity index (χ0) is 18.2. The summed E-state index contributed by atoms with van der Waals surface area (Å²) >= 11 is 0. The van der Waals surface area contributed by atoms with E-state index in [0.717, 1.165) is 25.2 Å².